The summed E-state index contributed by atoms with van der Waals surface area (Å²) >= 11 is 12.5. The van der Waals surface area contributed by atoms with E-state index in [0.717, 1.165) is 15.1 Å². The van der Waals surface area contributed by atoms with Crippen LogP contribution in [0.4, 0.5) is 17.1 Å². The van der Waals surface area contributed by atoms with Crippen LogP contribution in [0.5, 0.6) is 0 Å². The lowest BCUT2D eigenvalue weighted by Gasteiger charge is -2.25. The zero-order chi connectivity index (χ0) is 29.9. The van der Waals surface area contributed by atoms with Crippen molar-refractivity contribution in [2.45, 2.75) is 9.79 Å². The minimum absolute atomic E-state index is 0.0209. The van der Waals surface area contributed by atoms with Crippen molar-refractivity contribution in [1.82, 2.24) is 0 Å². The van der Waals surface area contributed by atoms with E-state index >= 15 is 0 Å². The van der Waals surface area contributed by atoms with Crippen molar-refractivity contribution >= 4 is 77.0 Å². The Morgan fingerprint density at radius 1 is 0.690 bits per heavy atom. The van der Waals surface area contributed by atoms with Crippen LogP contribution in [-0.2, 0) is 24.8 Å². The van der Waals surface area contributed by atoms with Crippen molar-refractivity contribution in [1.29, 1.82) is 0 Å². The smallest absolute Gasteiger partial charge is 0.264 e. The SMILES string of the molecule is O=C(CN(c1cccc(Cl)c1Cl)S(=O)(=O)c1ccccc1)Nc1ccc(S(=O)(=O)Nc2cccc3ccccc23)cc1. The van der Waals surface area contributed by atoms with Crippen molar-refractivity contribution in [2.75, 3.05) is 20.9 Å². The molecule has 1 amide bonds. The maximum atomic E-state index is 13.5. The Morgan fingerprint density at radius 2 is 1.33 bits per heavy atom. The molecule has 0 aliphatic heterocycles. The molecule has 0 fully saturated rings. The molecule has 0 aromatic heterocycles. The van der Waals surface area contributed by atoms with Crippen LogP contribution in [0.25, 0.3) is 10.8 Å². The topological polar surface area (TPSA) is 113 Å². The summed E-state index contributed by atoms with van der Waals surface area (Å²) in [6, 6.07) is 30.3. The first-order chi connectivity index (χ1) is 20.1. The number of halogens is 2. The largest absolute Gasteiger partial charge is 0.325 e. The van der Waals surface area contributed by atoms with Crippen LogP contribution in [-0.4, -0.2) is 29.3 Å². The highest BCUT2D eigenvalue weighted by Gasteiger charge is 2.29. The molecule has 2 N–H and O–H groups in total. The second-order valence-corrected chi connectivity index (χ2v) is 13.4. The molecule has 0 unspecified atom stereocenters. The third-order valence-electron chi connectivity index (χ3n) is 6.30. The minimum atomic E-state index is -4.21. The van der Waals surface area contributed by atoms with Crippen LogP contribution < -0.4 is 14.3 Å². The number of nitrogens with zero attached hydrogens (tertiary/aromatic N) is 1. The van der Waals surface area contributed by atoms with E-state index in [1.807, 2.05) is 30.3 Å². The fourth-order valence-corrected chi connectivity index (χ4v) is 7.25. The molecule has 5 aromatic carbocycles. The maximum absolute atomic E-state index is 13.5. The molecular weight excluding hydrogens is 617 g/mol. The van der Waals surface area contributed by atoms with Gasteiger partial charge in [0.1, 0.15) is 6.54 Å². The van der Waals surface area contributed by atoms with Crippen molar-refractivity contribution < 1.29 is 21.6 Å². The van der Waals surface area contributed by atoms with Crippen molar-refractivity contribution in [2.24, 2.45) is 0 Å². The zero-order valence-corrected chi connectivity index (χ0v) is 24.9. The summed E-state index contributed by atoms with van der Waals surface area (Å²) in [4.78, 5) is 13.0. The number of sulfonamides is 2. The fourth-order valence-electron chi connectivity index (χ4n) is 4.27. The van der Waals surface area contributed by atoms with Crippen molar-refractivity contribution in [3.05, 3.63) is 125 Å². The highest BCUT2D eigenvalue weighted by molar-refractivity contribution is 7.93. The first-order valence-corrected chi connectivity index (χ1v) is 16.2. The molecule has 0 radical (unpaired) electrons. The quantitative estimate of drug-likeness (QED) is 0.185. The third-order valence-corrected chi connectivity index (χ3v) is 10.3. The van der Waals surface area contributed by atoms with Crippen LogP contribution >= 0.6 is 23.2 Å². The van der Waals surface area contributed by atoms with Gasteiger partial charge < -0.3 is 5.32 Å². The van der Waals surface area contributed by atoms with Crippen LogP contribution in [0.1, 0.15) is 0 Å². The van der Waals surface area contributed by atoms with E-state index in [9.17, 15) is 21.6 Å². The van der Waals surface area contributed by atoms with Gasteiger partial charge in [0.05, 0.1) is 31.2 Å². The van der Waals surface area contributed by atoms with Crippen molar-refractivity contribution in [3.63, 3.8) is 0 Å². The molecule has 0 saturated heterocycles. The number of hydrogen-bond donors (Lipinski definition) is 2. The van der Waals surface area contributed by atoms with Gasteiger partial charge in [-0.05, 0) is 60.0 Å². The molecule has 0 spiro atoms. The Labute approximate surface area is 253 Å². The van der Waals surface area contributed by atoms with Crippen LogP contribution in [0.3, 0.4) is 0 Å². The molecule has 42 heavy (non-hydrogen) atoms. The van der Waals surface area contributed by atoms with Gasteiger partial charge in [-0.3, -0.25) is 13.8 Å². The van der Waals surface area contributed by atoms with Gasteiger partial charge in [-0.2, -0.15) is 0 Å². The van der Waals surface area contributed by atoms with Gasteiger partial charge in [-0.25, -0.2) is 16.8 Å². The molecule has 0 aliphatic rings. The molecule has 0 heterocycles. The van der Waals surface area contributed by atoms with Crippen LogP contribution in [0.15, 0.2) is 125 Å². The number of anilines is 3. The highest BCUT2D eigenvalue weighted by Crippen LogP contribution is 2.35. The fraction of sp³-hybridized carbons (Fsp3) is 0.0333. The molecule has 12 heteroatoms. The first kappa shape index (κ1) is 29.4. The molecule has 214 valence electrons. The second kappa shape index (κ2) is 12.0. The molecule has 0 bridgehead atoms. The summed E-state index contributed by atoms with van der Waals surface area (Å²) in [5.41, 5.74) is 0.729. The van der Waals surface area contributed by atoms with Gasteiger partial charge in [0.2, 0.25) is 5.91 Å². The van der Waals surface area contributed by atoms with E-state index in [4.69, 9.17) is 23.2 Å². The predicted molar refractivity (Wildman–Crippen MR) is 167 cm³/mol. The number of benzene rings is 5. The maximum Gasteiger partial charge on any atom is 0.264 e. The summed E-state index contributed by atoms with van der Waals surface area (Å²) in [6.45, 7) is -0.625. The Hall–Kier alpha value is -4.09. The summed E-state index contributed by atoms with van der Waals surface area (Å²) in [7, 11) is -8.15. The average molecular weight is 641 g/mol. The number of amides is 1. The Morgan fingerprint density at radius 3 is 2.07 bits per heavy atom. The number of rotatable bonds is 9. The number of carbonyl (C=O) groups excluding carboxylic acids is 1. The molecule has 8 nitrogen and oxygen atoms in total. The minimum Gasteiger partial charge on any atom is -0.325 e. The van der Waals surface area contributed by atoms with Gasteiger partial charge >= 0.3 is 0 Å². The average Bonchev–Trinajstić information content (AvgIpc) is 2.98. The van der Waals surface area contributed by atoms with Gasteiger partial charge in [0.15, 0.2) is 0 Å². The standard InChI is InChI=1S/C30H23Cl2N3O5S2/c31-26-13-7-15-28(30(26)32)35(42(39,40)24-10-2-1-3-11-24)20-29(36)33-22-16-18-23(19-17-22)41(37,38)34-27-14-6-9-21-8-4-5-12-25(21)27/h1-19,34H,20H2,(H,33,36). The highest BCUT2D eigenvalue weighted by atomic mass is 35.5. The lowest BCUT2D eigenvalue weighted by Crippen LogP contribution is -2.38. The second-order valence-electron chi connectivity index (χ2n) is 9.10. The number of fused-ring (bicyclic) bond motifs is 1. The Balaban J connectivity index is 1.36. The zero-order valence-electron chi connectivity index (χ0n) is 21.7. The molecule has 0 aliphatic carbocycles. The number of nitrogens with one attached hydrogen (secondary N) is 2. The van der Waals surface area contributed by atoms with Gasteiger partial charge in [0, 0.05) is 11.1 Å². The summed E-state index contributed by atoms with van der Waals surface area (Å²) < 4.78 is 56.8. The van der Waals surface area contributed by atoms with E-state index in [1.54, 1.807) is 30.3 Å². The number of carbonyl (C=O) groups is 1. The predicted octanol–water partition coefficient (Wildman–Crippen LogP) is 6.78. The van der Waals surface area contributed by atoms with Crippen molar-refractivity contribution in [3.8, 4) is 0 Å². The summed E-state index contributed by atoms with van der Waals surface area (Å²) in [5.74, 6) is -0.685. The Kier molecular flexibility index (Phi) is 8.42. The van der Waals surface area contributed by atoms with E-state index in [-0.39, 0.29) is 31.2 Å². The van der Waals surface area contributed by atoms with Gasteiger partial charge in [-0.1, -0.05) is 83.9 Å². The lowest BCUT2D eigenvalue weighted by atomic mass is 10.1. The van der Waals surface area contributed by atoms with Gasteiger partial charge in [0.25, 0.3) is 20.0 Å². The molecule has 0 atom stereocenters. The van der Waals surface area contributed by atoms with E-state index in [2.05, 4.69) is 10.0 Å². The summed E-state index contributed by atoms with van der Waals surface area (Å²) in [6.07, 6.45) is 0. The molecule has 5 rings (SSSR count). The Bertz CT molecular complexity index is 1980. The third kappa shape index (κ3) is 6.22. The monoisotopic (exact) mass is 639 g/mol. The first-order valence-electron chi connectivity index (χ1n) is 12.5. The van der Waals surface area contributed by atoms with Crippen LogP contribution in [0, 0.1) is 0 Å². The molecule has 5 aromatic rings. The van der Waals surface area contributed by atoms with Crippen LogP contribution in [0.2, 0.25) is 10.0 Å². The molecular formula is C30H23Cl2N3O5S2. The van der Waals surface area contributed by atoms with E-state index in [0.29, 0.717) is 5.69 Å². The number of hydrogen-bond acceptors (Lipinski definition) is 5. The molecule has 0 saturated carbocycles. The van der Waals surface area contributed by atoms with E-state index < -0.39 is 32.5 Å². The summed E-state index contributed by atoms with van der Waals surface area (Å²) in [5, 5.41) is 4.35. The van der Waals surface area contributed by atoms with Gasteiger partial charge in [-0.15, -0.1) is 0 Å². The van der Waals surface area contributed by atoms with E-state index in [1.165, 1.54) is 54.6 Å². The lowest BCUT2D eigenvalue weighted by molar-refractivity contribution is -0.114. The normalized spacial score (nSPS) is 11.7.